The van der Waals surface area contributed by atoms with Gasteiger partial charge < -0.3 is 14.7 Å². The van der Waals surface area contributed by atoms with Crippen LogP contribution < -0.4 is 5.73 Å². The Labute approximate surface area is 254 Å². The van der Waals surface area contributed by atoms with Gasteiger partial charge in [0.15, 0.2) is 11.4 Å². The van der Waals surface area contributed by atoms with E-state index in [1.165, 1.54) is 5.39 Å². The van der Waals surface area contributed by atoms with Crippen molar-refractivity contribution < 1.29 is 4.42 Å². The second-order valence-corrected chi connectivity index (χ2v) is 10.8. The van der Waals surface area contributed by atoms with Crippen LogP contribution in [0.4, 0.5) is 0 Å². The van der Waals surface area contributed by atoms with Crippen LogP contribution >= 0.6 is 0 Å². The molecule has 0 amide bonds. The van der Waals surface area contributed by atoms with Crippen LogP contribution in [0.3, 0.4) is 0 Å². The molecule has 0 radical (unpaired) electrons. The van der Waals surface area contributed by atoms with Crippen molar-refractivity contribution in [3.05, 3.63) is 162 Å². The summed E-state index contributed by atoms with van der Waals surface area (Å²) in [6.45, 7) is 0.445. The zero-order valence-electron chi connectivity index (χ0n) is 23.9. The van der Waals surface area contributed by atoms with Crippen molar-refractivity contribution in [2.45, 2.75) is 6.54 Å². The number of aromatic nitrogens is 1. The third kappa shape index (κ3) is 4.43. The molecule has 6 aromatic carbocycles. The number of benzene rings is 6. The lowest BCUT2D eigenvalue weighted by molar-refractivity contribution is 0.671. The fourth-order valence-corrected chi connectivity index (χ4v) is 6.03. The summed E-state index contributed by atoms with van der Waals surface area (Å²) < 4.78 is 8.83. The third-order valence-corrected chi connectivity index (χ3v) is 8.09. The smallest absolute Gasteiger partial charge is 0.160 e. The summed E-state index contributed by atoms with van der Waals surface area (Å²) in [5.74, 6) is 1.03. The molecule has 0 spiro atoms. The predicted molar refractivity (Wildman–Crippen MR) is 182 cm³/mol. The van der Waals surface area contributed by atoms with Gasteiger partial charge in [-0.1, -0.05) is 115 Å². The number of hydrogen-bond donors (Lipinski definition) is 1. The largest absolute Gasteiger partial charge is 0.454 e. The molecule has 5 nitrogen and oxygen atoms in total. The number of aliphatic imine (C=N–C) groups is 2. The lowest BCUT2D eigenvalue weighted by Crippen LogP contribution is -2.16. The molecule has 44 heavy (non-hydrogen) atoms. The van der Waals surface area contributed by atoms with Crippen molar-refractivity contribution in [1.82, 2.24) is 4.57 Å². The van der Waals surface area contributed by atoms with Crippen LogP contribution in [0.25, 0.3) is 49.4 Å². The first-order chi connectivity index (χ1) is 21.7. The quantitative estimate of drug-likeness (QED) is 0.166. The fraction of sp³-hybridized carbons (Fsp3) is 0.0256. The van der Waals surface area contributed by atoms with Crippen molar-refractivity contribution in [3.8, 4) is 5.69 Å². The molecule has 0 saturated heterocycles. The van der Waals surface area contributed by atoms with Gasteiger partial charge in [0.05, 0.1) is 17.6 Å². The molecule has 0 bridgehead atoms. The maximum absolute atomic E-state index is 6.52. The van der Waals surface area contributed by atoms with E-state index in [9.17, 15) is 0 Å². The molecule has 2 heterocycles. The molecule has 0 fully saturated rings. The van der Waals surface area contributed by atoms with Gasteiger partial charge in [-0.05, 0) is 35.9 Å². The number of nitrogens with zero attached hydrogens (tertiary/aromatic N) is 3. The molecule has 2 aromatic heterocycles. The minimum absolute atomic E-state index is 0.432. The number of hydrogen-bond acceptors (Lipinski definition) is 2. The van der Waals surface area contributed by atoms with Gasteiger partial charge in [0, 0.05) is 38.4 Å². The molecule has 2 N–H and O–H groups in total. The molecule has 5 heteroatoms. The van der Waals surface area contributed by atoms with Crippen molar-refractivity contribution in [2.24, 2.45) is 15.7 Å². The Balaban J connectivity index is 1.26. The second kappa shape index (κ2) is 10.7. The lowest BCUT2D eigenvalue weighted by Gasteiger charge is -2.10. The van der Waals surface area contributed by atoms with E-state index in [-0.39, 0.29) is 0 Å². The zero-order chi connectivity index (χ0) is 29.5. The fourth-order valence-electron chi connectivity index (χ4n) is 6.03. The minimum Gasteiger partial charge on any atom is -0.454 e. The highest BCUT2D eigenvalue weighted by Gasteiger charge is 2.18. The molecule has 8 aromatic rings. The number of nitrogens with two attached hydrogens (primary N) is 1. The second-order valence-electron chi connectivity index (χ2n) is 10.8. The minimum atomic E-state index is 0.432. The van der Waals surface area contributed by atoms with Gasteiger partial charge in [-0.3, -0.25) is 4.99 Å². The Morgan fingerprint density at radius 2 is 1.30 bits per heavy atom. The van der Waals surface area contributed by atoms with E-state index in [4.69, 9.17) is 20.1 Å². The highest BCUT2D eigenvalue weighted by atomic mass is 16.3. The normalized spacial score (nSPS) is 12.5. The molecule has 210 valence electrons. The Bertz CT molecular complexity index is 2360. The third-order valence-electron chi connectivity index (χ3n) is 8.09. The first-order valence-corrected chi connectivity index (χ1v) is 14.7. The van der Waals surface area contributed by atoms with Crippen molar-refractivity contribution >= 4 is 55.4 Å². The maximum Gasteiger partial charge on any atom is 0.160 e. The number of para-hydroxylation sites is 2. The van der Waals surface area contributed by atoms with Crippen LogP contribution in [0.2, 0.25) is 0 Å². The highest BCUT2D eigenvalue weighted by Crippen LogP contribution is 2.40. The standard InChI is InChI=1S/C39H28N4O/c40-38(27-13-3-1-4-14-27)42-39(28-15-5-2-6-16-28)41-25-26-12-11-17-29(24-26)43-34-20-9-7-18-30(34)32-22-23-33-31-19-8-10-21-35(31)44-37(33)36(32)43/h1-24H,25H2,(H2,40,41,42). The maximum atomic E-state index is 6.52. The summed E-state index contributed by atoms with van der Waals surface area (Å²) in [7, 11) is 0. The number of fused-ring (bicyclic) bond motifs is 7. The van der Waals surface area contributed by atoms with Crippen molar-refractivity contribution in [3.63, 3.8) is 0 Å². The summed E-state index contributed by atoms with van der Waals surface area (Å²) in [5, 5.41) is 4.57. The van der Waals surface area contributed by atoms with Crippen molar-refractivity contribution in [1.29, 1.82) is 0 Å². The zero-order valence-corrected chi connectivity index (χ0v) is 23.9. The van der Waals surface area contributed by atoms with Gasteiger partial charge in [0.25, 0.3) is 0 Å². The Hall–Kier alpha value is -5.94. The van der Waals surface area contributed by atoms with E-state index in [0.29, 0.717) is 18.2 Å². The molecule has 0 unspecified atom stereocenters. The van der Waals surface area contributed by atoms with Crippen LogP contribution in [0, 0.1) is 0 Å². The average molecular weight is 569 g/mol. The van der Waals surface area contributed by atoms with Crippen molar-refractivity contribution in [2.75, 3.05) is 0 Å². The van der Waals surface area contributed by atoms with Gasteiger partial charge in [0.1, 0.15) is 11.4 Å². The highest BCUT2D eigenvalue weighted by molar-refractivity contribution is 6.21. The number of rotatable bonds is 5. The van der Waals surface area contributed by atoms with Gasteiger partial charge in [-0.15, -0.1) is 0 Å². The molecule has 8 rings (SSSR count). The molecule has 0 atom stereocenters. The van der Waals surface area contributed by atoms with E-state index in [1.807, 2.05) is 72.8 Å². The summed E-state index contributed by atoms with van der Waals surface area (Å²) in [6.07, 6.45) is 0. The molecular weight excluding hydrogens is 540 g/mol. The van der Waals surface area contributed by atoms with Gasteiger partial charge in [-0.2, -0.15) is 0 Å². The Kier molecular flexibility index (Phi) is 6.27. The predicted octanol–water partition coefficient (Wildman–Crippen LogP) is 9.04. The first-order valence-electron chi connectivity index (χ1n) is 14.7. The molecular formula is C39H28N4O. The van der Waals surface area contributed by atoms with Crippen LogP contribution in [0.15, 0.2) is 160 Å². The summed E-state index contributed by atoms with van der Waals surface area (Å²) in [5.41, 5.74) is 14.3. The van der Waals surface area contributed by atoms with Crippen LogP contribution in [-0.2, 0) is 6.54 Å². The van der Waals surface area contributed by atoms with Gasteiger partial charge >= 0.3 is 0 Å². The van der Waals surface area contributed by atoms with Gasteiger partial charge in [-0.25, -0.2) is 4.99 Å². The van der Waals surface area contributed by atoms with E-state index in [0.717, 1.165) is 60.7 Å². The van der Waals surface area contributed by atoms with Crippen LogP contribution in [0.5, 0.6) is 0 Å². The van der Waals surface area contributed by atoms with E-state index >= 15 is 0 Å². The molecule has 0 saturated carbocycles. The van der Waals surface area contributed by atoms with Crippen LogP contribution in [0.1, 0.15) is 16.7 Å². The molecule has 0 aliphatic rings. The monoisotopic (exact) mass is 568 g/mol. The Morgan fingerprint density at radius 1 is 0.614 bits per heavy atom. The first kappa shape index (κ1) is 25.7. The number of amidine groups is 2. The summed E-state index contributed by atoms with van der Waals surface area (Å²) >= 11 is 0. The van der Waals surface area contributed by atoms with Gasteiger partial charge in [0.2, 0.25) is 0 Å². The van der Waals surface area contributed by atoms with E-state index < -0.39 is 0 Å². The molecule has 0 aliphatic carbocycles. The summed E-state index contributed by atoms with van der Waals surface area (Å²) in [4.78, 5) is 9.74. The number of furan rings is 1. The van der Waals surface area contributed by atoms with E-state index in [2.05, 4.69) is 77.4 Å². The summed E-state index contributed by atoms with van der Waals surface area (Å²) in [6, 6.07) is 49.4. The Morgan fingerprint density at radius 3 is 2.11 bits per heavy atom. The topological polar surface area (TPSA) is 68.8 Å². The lowest BCUT2D eigenvalue weighted by atomic mass is 10.1. The SMILES string of the molecule is N/C(=N\C(=N/Cc1cccc(-n2c3ccccc3c3ccc4c5ccccc5oc4c32)c1)c1ccccc1)c1ccccc1. The molecule has 0 aliphatic heterocycles. The van der Waals surface area contributed by atoms with E-state index in [1.54, 1.807) is 0 Å². The van der Waals surface area contributed by atoms with Crippen LogP contribution in [-0.4, -0.2) is 16.2 Å². The average Bonchev–Trinajstić information content (AvgIpc) is 3.63.